The first-order valence-corrected chi connectivity index (χ1v) is 31.0. The van der Waals surface area contributed by atoms with Crippen molar-refractivity contribution in [2.75, 3.05) is 37.0 Å². The number of rotatable bonds is 48. The van der Waals surface area contributed by atoms with Gasteiger partial charge in [0.05, 0.1) is 12.1 Å². The first-order valence-electron chi connectivity index (χ1n) is 27.2. The number of nitrogens with zero attached hydrogens (tertiary/aromatic N) is 2. The van der Waals surface area contributed by atoms with E-state index in [0.717, 1.165) is 0 Å². The van der Waals surface area contributed by atoms with Crippen molar-refractivity contribution in [1.29, 1.82) is 10.5 Å². The van der Waals surface area contributed by atoms with E-state index in [1.807, 2.05) is 0 Å². The van der Waals surface area contributed by atoms with E-state index in [-0.39, 0.29) is 0 Å². The molecule has 0 amide bonds. The highest BCUT2D eigenvalue weighted by molar-refractivity contribution is 7.58. The number of hydrogen-bond donors (Lipinski definition) is 0. The molecule has 0 spiro atoms. The van der Waals surface area contributed by atoms with Crippen LogP contribution in [-0.4, -0.2) is 37.0 Å². The summed E-state index contributed by atoms with van der Waals surface area (Å²) in [5, 5.41) is 14.6. The van der Waals surface area contributed by atoms with E-state index in [1.54, 1.807) is 81.2 Å². The summed E-state index contributed by atoms with van der Waals surface area (Å²) in [6.45, 7) is 12.2. The highest BCUT2D eigenvalue weighted by Gasteiger charge is 2.12. The molecule has 0 aliphatic heterocycles. The molecule has 0 unspecified atom stereocenters. The Hall–Kier alpha value is -0.160. The van der Waals surface area contributed by atoms with Gasteiger partial charge in [0, 0.05) is 13.8 Å². The molecule has 0 aliphatic carbocycles. The maximum atomic E-state index is 7.32. The van der Waals surface area contributed by atoms with Crippen molar-refractivity contribution in [2.24, 2.45) is 0 Å². The fourth-order valence-electron chi connectivity index (χ4n) is 8.48. The van der Waals surface area contributed by atoms with Gasteiger partial charge in [-0.2, -0.15) is 10.5 Å². The zero-order chi connectivity index (χ0) is 43.8. The normalized spacial score (nSPS) is 10.9. The van der Waals surface area contributed by atoms with Crippen LogP contribution in [0.15, 0.2) is 0 Å². The molecule has 0 bridgehead atoms. The van der Waals surface area contributed by atoms with Gasteiger partial charge in [-0.25, -0.2) is 0 Å². The Morgan fingerprint density at radius 1 is 0.220 bits per heavy atom. The minimum Gasteiger partial charge on any atom is -0.199 e. The molecule has 0 aromatic rings. The third kappa shape index (κ3) is 62.2. The minimum absolute atomic E-state index is 0.292. The van der Waals surface area contributed by atoms with Crippen molar-refractivity contribution in [3.05, 3.63) is 0 Å². The summed E-state index contributed by atoms with van der Waals surface area (Å²) in [4.78, 5) is 0. The molecule has 4 heteroatoms. The van der Waals surface area contributed by atoms with Gasteiger partial charge in [0.15, 0.2) is 0 Å². The Bertz CT molecular complexity index is 677. The fraction of sp³-hybridized carbons (Fsp3) is 0.964. The van der Waals surface area contributed by atoms with Gasteiger partial charge in [-0.3, -0.25) is 0 Å². The standard InChI is InChI=1S/C51H106P2.2C2H3N/c1-5-9-13-17-21-25-29-33-37-41-46-52(47-42-38-34-30-26-22-18-14-10-6-2)50-45-51-53(48-43-39-35-31-27-23-19-15-11-7-3)49-44-40-36-32-28-24-20-16-12-8-4;2*1-2-3/h5-51H2,1-4H3;2*1H3. The lowest BCUT2D eigenvalue weighted by Crippen LogP contribution is -2.02. The Kier molecular flexibility index (Phi) is 66.5. The van der Waals surface area contributed by atoms with Crippen LogP contribution in [-0.2, 0) is 0 Å². The summed E-state index contributed by atoms with van der Waals surface area (Å²) in [5.74, 6) is 0. The average Bonchev–Trinajstić information content (AvgIpc) is 3.23. The van der Waals surface area contributed by atoms with E-state index in [4.69, 9.17) is 10.5 Å². The second-order valence-electron chi connectivity index (χ2n) is 18.2. The van der Waals surface area contributed by atoms with E-state index < -0.39 is 0 Å². The van der Waals surface area contributed by atoms with Gasteiger partial charge in [-0.1, -0.05) is 259 Å². The second kappa shape index (κ2) is 62.1. The molecule has 352 valence electrons. The van der Waals surface area contributed by atoms with Crippen LogP contribution >= 0.6 is 15.8 Å². The third-order valence-corrected chi connectivity index (χ3v) is 18.0. The summed E-state index contributed by atoms with van der Waals surface area (Å²) < 4.78 is 0. The molecule has 0 saturated carbocycles. The molecule has 0 aromatic heterocycles. The molecule has 0 radical (unpaired) electrons. The van der Waals surface area contributed by atoms with Gasteiger partial charge in [0.2, 0.25) is 0 Å². The van der Waals surface area contributed by atoms with Crippen LogP contribution in [0.5, 0.6) is 0 Å². The maximum absolute atomic E-state index is 7.32. The van der Waals surface area contributed by atoms with Crippen LogP contribution in [0.3, 0.4) is 0 Å². The van der Waals surface area contributed by atoms with Crippen molar-refractivity contribution in [3.63, 3.8) is 0 Å². The molecule has 0 heterocycles. The largest absolute Gasteiger partial charge is 0.199 e. The van der Waals surface area contributed by atoms with Crippen molar-refractivity contribution in [3.8, 4) is 12.1 Å². The van der Waals surface area contributed by atoms with Gasteiger partial charge >= 0.3 is 0 Å². The summed E-state index contributed by atoms with van der Waals surface area (Å²) in [6, 6.07) is 3.50. The summed E-state index contributed by atoms with van der Waals surface area (Å²) in [7, 11) is 0.584. The Labute approximate surface area is 378 Å². The molecule has 0 aliphatic rings. The van der Waals surface area contributed by atoms with Crippen LogP contribution in [0.1, 0.15) is 305 Å². The lowest BCUT2D eigenvalue weighted by molar-refractivity contribution is 0.561. The minimum atomic E-state index is 0.292. The van der Waals surface area contributed by atoms with Crippen LogP contribution in [0.2, 0.25) is 0 Å². The SMILES string of the molecule is CC#N.CC#N.CCCCCCCCCCCCP(CCCCCCCCCCCC)CCCP(CCCCCCCCCCCC)CCCCCCCCCCCC. The van der Waals surface area contributed by atoms with Gasteiger partial charge in [-0.15, -0.1) is 15.8 Å². The topological polar surface area (TPSA) is 47.6 Å². The van der Waals surface area contributed by atoms with Crippen molar-refractivity contribution in [2.45, 2.75) is 305 Å². The van der Waals surface area contributed by atoms with Gasteiger partial charge in [-0.05, 0) is 69.1 Å². The van der Waals surface area contributed by atoms with Gasteiger partial charge in [0.1, 0.15) is 0 Å². The van der Waals surface area contributed by atoms with Crippen molar-refractivity contribution >= 4 is 15.8 Å². The first kappa shape index (κ1) is 63.1. The quantitative estimate of drug-likeness (QED) is 0.0452. The molecule has 59 heavy (non-hydrogen) atoms. The molecular weight excluding hydrogens is 751 g/mol. The molecule has 0 atom stereocenters. The zero-order valence-electron chi connectivity index (χ0n) is 42.0. The van der Waals surface area contributed by atoms with Crippen molar-refractivity contribution < 1.29 is 0 Å². The molecule has 0 rings (SSSR count). The number of hydrogen-bond acceptors (Lipinski definition) is 2. The van der Waals surface area contributed by atoms with E-state index in [2.05, 4.69) is 27.7 Å². The van der Waals surface area contributed by atoms with Crippen molar-refractivity contribution in [1.82, 2.24) is 0 Å². The average molecular weight is 863 g/mol. The number of nitriles is 2. The molecule has 0 fully saturated rings. The van der Waals surface area contributed by atoms with Gasteiger partial charge < -0.3 is 0 Å². The zero-order valence-corrected chi connectivity index (χ0v) is 43.8. The fourth-order valence-corrected chi connectivity index (χ4v) is 14.0. The smallest absolute Gasteiger partial charge is 0.0587 e. The van der Waals surface area contributed by atoms with E-state index in [0.29, 0.717) is 15.8 Å². The van der Waals surface area contributed by atoms with E-state index in [9.17, 15) is 0 Å². The highest BCUT2D eigenvalue weighted by Crippen LogP contribution is 2.44. The number of unbranched alkanes of at least 4 members (excludes halogenated alkanes) is 36. The molecule has 0 saturated heterocycles. The highest BCUT2D eigenvalue weighted by atomic mass is 31.1. The molecule has 2 nitrogen and oxygen atoms in total. The Morgan fingerprint density at radius 3 is 0.492 bits per heavy atom. The van der Waals surface area contributed by atoms with E-state index >= 15 is 0 Å². The maximum Gasteiger partial charge on any atom is 0.0587 e. The van der Waals surface area contributed by atoms with Crippen LogP contribution < -0.4 is 0 Å². The molecule has 0 N–H and O–H groups in total. The summed E-state index contributed by atoms with van der Waals surface area (Å²) in [5.41, 5.74) is 0. The lowest BCUT2D eigenvalue weighted by Gasteiger charge is -2.22. The van der Waals surface area contributed by atoms with Crippen LogP contribution in [0.4, 0.5) is 0 Å². The first-order chi connectivity index (χ1) is 29.1. The second-order valence-corrected chi connectivity index (χ2v) is 23.6. The monoisotopic (exact) mass is 863 g/mol. The lowest BCUT2D eigenvalue weighted by atomic mass is 10.1. The van der Waals surface area contributed by atoms with Crippen LogP contribution in [0.25, 0.3) is 0 Å². The van der Waals surface area contributed by atoms with Crippen LogP contribution in [0, 0.1) is 22.7 Å². The predicted octanol–water partition coefficient (Wildman–Crippen LogP) is 21.1. The molecular formula is C55H112N2P2. The third-order valence-electron chi connectivity index (χ3n) is 12.3. The predicted molar refractivity (Wildman–Crippen MR) is 278 cm³/mol. The Morgan fingerprint density at radius 2 is 0.339 bits per heavy atom. The summed E-state index contributed by atoms with van der Waals surface area (Å²) in [6.07, 6.45) is 70.7. The van der Waals surface area contributed by atoms with E-state index in [1.165, 1.54) is 245 Å². The van der Waals surface area contributed by atoms with Gasteiger partial charge in [0.25, 0.3) is 0 Å². The summed E-state index contributed by atoms with van der Waals surface area (Å²) >= 11 is 0. The Balaban J connectivity index is -0.00000489. The molecule has 0 aromatic carbocycles.